The van der Waals surface area contributed by atoms with Crippen molar-refractivity contribution in [2.75, 3.05) is 26.7 Å². The van der Waals surface area contributed by atoms with E-state index in [1.54, 1.807) is 23.8 Å². The summed E-state index contributed by atoms with van der Waals surface area (Å²) in [4.78, 5) is 26.3. The minimum atomic E-state index is -0.356. The average molecular weight is 199 g/mol. The number of carbonyl (C=O) groups excluding carboxylic acids is 2. The molecule has 3 amide bonds. The monoisotopic (exact) mass is 199 g/mol. The fourth-order valence-corrected chi connectivity index (χ4v) is 1.40. The zero-order chi connectivity index (χ0) is 10.7. The van der Waals surface area contributed by atoms with Crippen molar-refractivity contribution < 1.29 is 9.59 Å². The molecule has 5 heteroatoms. The Morgan fingerprint density at radius 2 is 2.36 bits per heavy atom. The fraction of sp³-hybridized carbons (Fsp3) is 0.778. The van der Waals surface area contributed by atoms with Crippen LogP contribution in [-0.4, -0.2) is 54.5 Å². The van der Waals surface area contributed by atoms with Gasteiger partial charge in [-0.05, 0) is 13.8 Å². The number of rotatable bonds is 1. The maximum Gasteiger partial charge on any atom is 0.320 e. The molecule has 1 aliphatic heterocycles. The first kappa shape index (κ1) is 10.8. The highest BCUT2D eigenvalue weighted by molar-refractivity contribution is 5.87. The topological polar surface area (TPSA) is 52.7 Å². The summed E-state index contributed by atoms with van der Waals surface area (Å²) in [5.41, 5.74) is 0. The van der Waals surface area contributed by atoms with E-state index in [0.717, 1.165) is 0 Å². The summed E-state index contributed by atoms with van der Waals surface area (Å²) in [5, 5.41) is 2.72. The van der Waals surface area contributed by atoms with Crippen molar-refractivity contribution in [3.05, 3.63) is 0 Å². The molecule has 1 aliphatic rings. The molecule has 0 bridgehead atoms. The van der Waals surface area contributed by atoms with Crippen LogP contribution >= 0.6 is 0 Å². The van der Waals surface area contributed by atoms with E-state index >= 15 is 0 Å². The maximum absolute atomic E-state index is 11.8. The van der Waals surface area contributed by atoms with E-state index in [9.17, 15) is 9.59 Å². The van der Waals surface area contributed by atoms with Crippen LogP contribution in [0.5, 0.6) is 0 Å². The third-order valence-electron chi connectivity index (χ3n) is 2.55. The van der Waals surface area contributed by atoms with Crippen LogP contribution in [-0.2, 0) is 4.79 Å². The SMILES string of the molecule is CCN(C)C(=O)N1CCNC(=O)C1C. The summed E-state index contributed by atoms with van der Waals surface area (Å²) in [6.07, 6.45) is 0. The highest BCUT2D eigenvalue weighted by Gasteiger charge is 2.30. The molecule has 1 fully saturated rings. The molecule has 80 valence electrons. The van der Waals surface area contributed by atoms with Gasteiger partial charge in [0, 0.05) is 26.7 Å². The molecule has 1 rings (SSSR count). The number of nitrogens with one attached hydrogen (secondary N) is 1. The van der Waals surface area contributed by atoms with E-state index in [-0.39, 0.29) is 18.0 Å². The van der Waals surface area contributed by atoms with Gasteiger partial charge >= 0.3 is 6.03 Å². The molecule has 0 aromatic rings. The van der Waals surface area contributed by atoms with Gasteiger partial charge in [-0.3, -0.25) is 4.79 Å². The van der Waals surface area contributed by atoms with Crippen LogP contribution in [0.3, 0.4) is 0 Å². The van der Waals surface area contributed by atoms with Crippen LogP contribution in [0.15, 0.2) is 0 Å². The van der Waals surface area contributed by atoms with Crippen LogP contribution in [0, 0.1) is 0 Å². The fourth-order valence-electron chi connectivity index (χ4n) is 1.40. The summed E-state index contributed by atoms with van der Waals surface area (Å²) in [6, 6.07) is -0.430. The predicted octanol–water partition coefficient (Wildman–Crippen LogP) is -0.122. The lowest BCUT2D eigenvalue weighted by Gasteiger charge is -2.35. The highest BCUT2D eigenvalue weighted by atomic mass is 16.2. The normalized spacial score (nSPS) is 21.8. The smallest absolute Gasteiger partial charge is 0.320 e. The van der Waals surface area contributed by atoms with Crippen LogP contribution in [0.1, 0.15) is 13.8 Å². The molecule has 0 aromatic heterocycles. The molecule has 0 spiro atoms. The van der Waals surface area contributed by atoms with Crippen molar-refractivity contribution in [2.45, 2.75) is 19.9 Å². The van der Waals surface area contributed by atoms with Crippen molar-refractivity contribution in [3.63, 3.8) is 0 Å². The Morgan fingerprint density at radius 1 is 1.71 bits per heavy atom. The summed E-state index contributed by atoms with van der Waals surface area (Å²) >= 11 is 0. The van der Waals surface area contributed by atoms with E-state index in [0.29, 0.717) is 19.6 Å². The minimum Gasteiger partial charge on any atom is -0.353 e. The number of hydrogen-bond acceptors (Lipinski definition) is 2. The molecule has 1 atom stereocenters. The van der Waals surface area contributed by atoms with Gasteiger partial charge in [-0.1, -0.05) is 0 Å². The molecule has 14 heavy (non-hydrogen) atoms. The van der Waals surface area contributed by atoms with E-state index in [4.69, 9.17) is 0 Å². The van der Waals surface area contributed by atoms with Gasteiger partial charge in [0.15, 0.2) is 0 Å². The van der Waals surface area contributed by atoms with Gasteiger partial charge in [-0.15, -0.1) is 0 Å². The van der Waals surface area contributed by atoms with E-state index in [1.165, 1.54) is 0 Å². The zero-order valence-corrected chi connectivity index (χ0v) is 8.91. The molecule has 0 radical (unpaired) electrons. The first-order valence-electron chi connectivity index (χ1n) is 4.87. The Balaban J connectivity index is 2.66. The van der Waals surface area contributed by atoms with Gasteiger partial charge in [-0.25, -0.2) is 4.79 Å². The van der Waals surface area contributed by atoms with Gasteiger partial charge in [0.1, 0.15) is 6.04 Å². The van der Waals surface area contributed by atoms with Crippen LogP contribution in [0.4, 0.5) is 4.79 Å². The molecule has 1 N–H and O–H groups in total. The zero-order valence-electron chi connectivity index (χ0n) is 8.91. The number of urea groups is 1. The largest absolute Gasteiger partial charge is 0.353 e. The summed E-state index contributed by atoms with van der Waals surface area (Å²) in [6.45, 7) is 5.45. The Labute approximate surface area is 84.0 Å². The second kappa shape index (κ2) is 4.30. The summed E-state index contributed by atoms with van der Waals surface area (Å²) < 4.78 is 0. The lowest BCUT2D eigenvalue weighted by Crippen LogP contribution is -2.58. The molecule has 1 saturated heterocycles. The third-order valence-corrected chi connectivity index (χ3v) is 2.55. The molecular formula is C9H17N3O2. The first-order chi connectivity index (χ1) is 6.57. The molecule has 0 saturated carbocycles. The highest BCUT2D eigenvalue weighted by Crippen LogP contribution is 2.06. The summed E-state index contributed by atoms with van der Waals surface area (Å²) in [7, 11) is 1.74. The number of hydrogen-bond donors (Lipinski definition) is 1. The predicted molar refractivity (Wildman–Crippen MR) is 52.9 cm³/mol. The number of carbonyl (C=O) groups is 2. The van der Waals surface area contributed by atoms with Gasteiger partial charge < -0.3 is 15.1 Å². The molecule has 1 heterocycles. The third kappa shape index (κ3) is 1.97. The van der Waals surface area contributed by atoms with Crippen molar-refractivity contribution >= 4 is 11.9 Å². The molecule has 0 aliphatic carbocycles. The Bertz CT molecular complexity index is 242. The molecular weight excluding hydrogens is 182 g/mol. The van der Waals surface area contributed by atoms with Gasteiger partial charge in [0.25, 0.3) is 0 Å². The van der Waals surface area contributed by atoms with Gasteiger partial charge in [0.2, 0.25) is 5.91 Å². The molecule has 1 unspecified atom stereocenters. The van der Waals surface area contributed by atoms with Crippen LogP contribution in [0.2, 0.25) is 0 Å². The van der Waals surface area contributed by atoms with E-state index in [1.807, 2.05) is 6.92 Å². The van der Waals surface area contributed by atoms with E-state index < -0.39 is 0 Å². The van der Waals surface area contributed by atoms with Crippen LogP contribution < -0.4 is 5.32 Å². The van der Waals surface area contributed by atoms with Crippen molar-refractivity contribution in [3.8, 4) is 0 Å². The Hall–Kier alpha value is -1.26. The van der Waals surface area contributed by atoms with Crippen LogP contribution in [0.25, 0.3) is 0 Å². The molecule has 0 aromatic carbocycles. The number of nitrogens with zero attached hydrogens (tertiary/aromatic N) is 2. The summed E-state index contributed by atoms with van der Waals surface area (Å²) in [5.74, 6) is -0.0749. The second-order valence-electron chi connectivity index (χ2n) is 3.46. The lowest BCUT2D eigenvalue weighted by molar-refractivity contribution is -0.127. The number of piperazine rings is 1. The first-order valence-corrected chi connectivity index (χ1v) is 4.87. The van der Waals surface area contributed by atoms with E-state index in [2.05, 4.69) is 5.32 Å². The van der Waals surface area contributed by atoms with Crippen molar-refractivity contribution in [1.29, 1.82) is 0 Å². The quantitative estimate of drug-likeness (QED) is 0.640. The van der Waals surface area contributed by atoms with Crippen molar-refractivity contribution in [1.82, 2.24) is 15.1 Å². The second-order valence-corrected chi connectivity index (χ2v) is 3.46. The lowest BCUT2D eigenvalue weighted by atomic mass is 10.2. The van der Waals surface area contributed by atoms with Gasteiger partial charge in [0.05, 0.1) is 0 Å². The van der Waals surface area contributed by atoms with Crippen molar-refractivity contribution in [2.24, 2.45) is 0 Å². The van der Waals surface area contributed by atoms with Gasteiger partial charge in [-0.2, -0.15) is 0 Å². The molecule has 5 nitrogen and oxygen atoms in total. The average Bonchev–Trinajstić information content (AvgIpc) is 2.20. The minimum absolute atomic E-state index is 0.0742. The maximum atomic E-state index is 11.8. The standard InChI is InChI=1S/C9H17N3O2/c1-4-11(3)9(14)12-6-5-10-8(13)7(12)2/h7H,4-6H2,1-3H3,(H,10,13). The number of amides is 3. The Morgan fingerprint density at radius 3 is 2.93 bits per heavy atom. The Kier molecular flexibility index (Phi) is 3.33.